The fraction of sp³-hybridized carbons (Fsp3) is 0.500. The van der Waals surface area contributed by atoms with Crippen molar-refractivity contribution >= 4 is 5.78 Å². The molecule has 1 saturated carbocycles. The van der Waals surface area contributed by atoms with Gasteiger partial charge in [-0.1, -0.05) is 30.3 Å². The summed E-state index contributed by atoms with van der Waals surface area (Å²) >= 11 is 0. The number of carbonyl (C=O) groups is 1. The first-order valence-electron chi connectivity index (χ1n) is 5.96. The van der Waals surface area contributed by atoms with Gasteiger partial charge in [0.15, 0.2) is 0 Å². The van der Waals surface area contributed by atoms with Crippen LogP contribution in [0, 0.1) is 0 Å². The third-order valence-corrected chi connectivity index (χ3v) is 3.29. The maximum atomic E-state index is 12.1. The molecule has 2 rings (SSSR count). The van der Waals surface area contributed by atoms with E-state index in [1.807, 2.05) is 25.1 Å². The Kier molecular flexibility index (Phi) is 3.39. The van der Waals surface area contributed by atoms with Crippen molar-refractivity contribution in [3.63, 3.8) is 0 Å². The topological polar surface area (TPSA) is 26.3 Å². The molecule has 0 amide bonds. The highest BCUT2D eigenvalue weighted by molar-refractivity contribution is 5.93. The highest BCUT2D eigenvalue weighted by atomic mass is 16.5. The average molecular weight is 218 g/mol. The predicted octanol–water partition coefficient (Wildman–Crippen LogP) is 2.71. The summed E-state index contributed by atoms with van der Waals surface area (Å²) in [4.78, 5) is 12.1. The molecular weight excluding hydrogens is 200 g/mol. The largest absolute Gasteiger partial charge is 0.381 e. The van der Waals surface area contributed by atoms with Crippen LogP contribution in [0.5, 0.6) is 0 Å². The minimum absolute atomic E-state index is 0.168. The lowest BCUT2D eigenvalue weighted by molar-refractivity contribution is -0.122. The van der Waals surface area contributed by atoms with Gasteiger partial charge in [-0.3, -0.25) is 4.79 Å². The van der Waals surface area contributed by atoms with Gasteiger partial charge in [0.05, 0.1) is 12.0 Å². The first-order chi connectivity index (χ1) is 7.79. The molecule has 1 aromatic rings. The molecule has 1 aliphatic rings. The van der Waals surface area contributed by atoms with Gasteiger partial charge in [0.2, 0.25) is 0 Å². The number of rotatable bonds is 6. The Hall–Kier alpha value is -1.15. The Morgan fingerprint density at radius 3 is 2.56 bits per heavy atom. The Morgan fingerprint density at radius 1 is 1.31 bits per heavy atom. The van der Waals surface area contributed by atoms with Crippen LogP contribution in [0.15, 0.2) is 30.3 Å². The van der Waals surface area contributed by atoms with Crippen molar-refractivity contribution in [2.24, 2.45) is 0 Å². The predicted molar refractivity (Wildman–Crippen MR) is 63.5 cm³/mol. The van der Waals surface area contributed by atoms with E-state index in [0.29, 0.717) is 25.4 Å². The van der Waals surface area contributed by atoms with E-state index in [-0.39, 0.29) is 5.41 Å². The molecule has 0 atom stereocenters. The van der Waals surface area contributed by atoms with Crippen LogP contribution in [0.4, 0.5) is 0 Å². The molecular formula is C14H18O2. The number of hydrogen-bond acceptors (Lipinski definition) is 2. The molecule has 86 valence electrons. The average Bonchev–Trinajstić information content (AvgIpc) is 3.12. The van der Waals surface area contributed by atoms with Crippen LogP contribution in [-0.4, -0.2) is 19.0 Å². The molecule has 0 unspecified atom stereocenters. The SMILES string of the molecule is CCOCCC(=O)C1(c2ccccc2)CC1. The Labute approximate surface area is 96.6 Å². The molecule has 0 N–H and O–H groups in total. The van der Waals surface area contributed by atoms with Crippen LogP contribution in [0.2, 0.25) is 0 Å². The van der Waals surface area contributed by atoms with Gasteiger partial charge in [0.1, 0.15) is 5.78 Å². The minimum atomic E-state index is -0.168. The summed E-state index contributed by atoms with van der Waals surface area (Å²) in [5.74, 6) is 0.340. The first kappa shape index (κ1) is 11.3. The van der Waals surface area contributed by atoms with Gasteiger partial charge >= 0.3 is 0 Å². The number of benzene rings is 1. The summed E-state index contributed by atoms with van der Waals surface area (Å²) in [5, 5.41) is 0. The van der Waals surface area contributed by atoms with Crippen molar-refractivity contribution in [1.82, 2.24) is 0 Å². The fourth-order valence-electron chi connectivity index (χ4n) is 2.16. The van der Waals surface area contributed by atoms with Crippen molar-refractivity contribution < 1.29 is 9.53 Å². The van der Waals surface area contributed by atoms with E-state index in [4.69, 9.17) is 4.74 Å². The molecule has 2 nitrogen and oxygen atoms in total. The molecule has 16 heavy (non-hydrogen) atoms. The van der Waals surface area contributed by atoms with E-state index in [9.17, 15) is 4.79 Å². The van der Waals surface area contributed by atoms with Crippen molar-refractivity contribution in [2.45, 2.75) is 31.6 Å². The maximum Gasteiger partial charge on any atom is 0.145 e. The third-order valence-electron chi connectivity index (χ3n) is 3.29. The van der Waals surface area contributed by atoms with Gasteiger partial charge in [-0.05, 0) is 25.3 Å². The summed E-state index contributed by atoms with van der Waals surface area (Å²) in [7, 11) is 0. The zero-order valence-corrected chi connectivity index (χ0v) is 9.74. The van der Waals surface area contributed by atoms with E-state index in [1.54, 1.807) is 0 Å². The molecule has 0 aliphatic heterocycles. The molecule has 1 aromatic carbocycles. The number of hydrogen-bond donors (Lipinski definition) is 0. The summed E-state index contributed by atoms with van der Waals surface area (Å²) in [6.07, 6.45) is 2.55. The van der Waals surface area contributed by atoms with Crippen molar-refractivity contribution in [3.8, 4) is 0 Å². The lowest BCUT2D eigenvalue weighted by atomic mass is 9.90. The quantitative estimate of drug-likeness (QED) is 0.686. The van der Waals surface area contributed by atoms with Crippen molar-refractivity contribution in [2.75, 3.05) is 13.2 Å². The van der Waals surface area contributed by atoms with Crippen molar-refractivity contribution in [1.29, 1.82) is 0 Å². The van der Waals surface area contributed by atoms with Gasteiger partial charge in [-0.2, -0.15) is 0 Å². The third kappa shape index (κ3) is 2.17. The van der Waals surface area contributed by atoms with Gasteiger partial charge < -0.3 is 4.74 Å². The summed E-state index contributed by atoms with van der Waals surface area (Å²) in [5.41, 5.74) is 1.01. The first-order valence-corrected chi connectivity index (χ1v) is 5.96. The summed E-state index contributed by atoms with van der Waals surface area (Å²) < 4.78 is 5.24. The normalized spacial score (nSPS) is 17.1. The second-order valence-corrected chi connectivity index (χ2v) is 4.32. The summed E-state index contributed by atoms with van der Waals surface area (Å²) in [6, 6.07) is 10.1. The Bertz CT molecular complexity index is 352. The highest BCUT2D eigenvalue weighted by Crippen LogP contribution is 2.49. The molecule has 1 fully saturated rings. The molecule has 0 spiro atoms. The van der Waals surface area contributed by atoms with Gasteiger partial charge in [-0.15, -0.1) is 0 Å². The zero-order valence-electron chi connectivity index (χ0n) is 9.74. The second kappa shape index (κ2) is 4.79. The monoisotopic (exact) mass is 218 g/mol. The molecule has 2 heteroatoms. The van der Waals surface area contributed by atoms with E-state index >= 15 is 0 Å². The Balaban J connectivity index is 2.00. The smallest absolute Gasteiger partial charge is 0.145 e. The molecule has 0 saturated heterocycles. The molecule has 0 heterocycles. The van der Waals surface area contributed by atoms with E-state index in [1.165, 1.54) is 5.56 Å². The van der Waals surface area contributed by atoms with E-state index in [2.05, 4.69) is 12.1 Å². The number of carbonyl (C=O) groups excluding carboxylic acids is 1. The van der Waals surface area contributed by atoms with Gasteiger partial charge in [0.25, 0.3) is 0 Å². The lowest BCUT2D eigenvalue weighted by Crippen LogP contribution is -2.21. The standard InChI is InChI=1S/C14H18O2/c1-2-16-11-8-13(15)14(9-10-14)12-6-4-3-5-7-12/h3-7H,2,8-11H2,1H3. The molecule has 0 aromatic heterocycles. The Morgan fingerprint density at radius 2 is 2.00 bits per heavy atom. The van der Waals surface area contributed by atoms with Gasteiger partial charge in [-0.25, -0.2) is 0 Å². The number of Topliss-reactive ketones (excluding diaryl/α,β-unsaturated/α-hetero) is 1. The van der Waals surface area contributed by atoms with Crippen LogP contribution in [0.3, 0.4) is 0 Å². The maximum absolute atomic E-state index is 12.1. The summed E-state index contributed by atoms with van der Waals surface area (Å²) in [6.45, 7) is 3.20. The van der Waals surface area contributed by atoms with E-state index in [0.717, 1.165) is 12.8 Å². The molecule has 1 aliphatic carbocycles. The fourth-order valence-corrected chi connectivity index (χ4v) is 2.16. The van der Waals surface area contributed by atoms with Crippen LogP contribution in [0.25, 0.3) is 0 Å². The molecule has 0 radical (unpaired) electrons. The minimum Gasteiger partial charge on any atom is -0.381 e. The van der Waals surface area contributed by atoms with Gasteiger partial charge in [0, 0.05) is 13.0 Å². The van der Waals surface area contributed by atoms with E-state index < -0.39 is 0 Å². The highest BCUT2D eigenvalue weighted by Gasteiger charge is 2.49. The molecule has 0 bridgehead atoms. The van der Waals surface area contributed by atoms with Crippen LogP contribution in [0.1, 0.15) is 31.7 Å². The van der Waals surface area contributed by atoms with Crippen LogP contribution < -0.4 is 0 Å². The zero-order chi connectivity index (χ0) is 11.4. The number of ether oxygens (including phenoxy) is 1. The van der Waals surface area contributed by atoms with Crippen molar-refractivity contribution in [3.05, 3.63) is 35.9 Å². The number of ketones is 1. The van der Waals surface area contributed by atoms with Crippen LogP contribution >= 0.6 is 0 Å². The second-order valence-electron chi connectivity index (χ2n) is 4.32. The van der Waals surface area contributed by atoms with Crippen LogP contribution in [-0.2, 0) is 14.9 Å². The lowest BCUT2D eigenvalue weighted by Gasteiger charge is -2.14.